The molecule has 0 aliphatic rings. The molecule has 4 aromatic rings. The Morgan fingerprint density at radius 2 is 1.58 bits per heavy atom. The molecule has 0 aliphatic carbocycles. The molecule has 168 valence electrons. The number of esters is 1. The van der Waals surface area contributed by atoms with Crippen LogP contribution < -0.4 is 10.6 Å². The van der Waals surface area contributed by atoms with Crippen molar-refractivity contribution in [1.29, 1.82) is 0 Å². The number of pyridine rings is 1. The lowest BCUT2D eigenvalue weighted by Gasteiger charge is -2.13. The summed E-state index contributed by atoms with van der Waals surface area (Å²) in [5.74, 6) is -0.388. The van der Waals surface area contributed by atoms with E-state index in [1.165, 1.54) is 0 Å². The van der Waals surface area contributed by atoms with E-state index in [1.807, 2.05) is 61.5 Å². The van der Waals surface area contributed by atoms with Crippen LogP contribution in [0.5, 0.6) is 0 Å². The molecule has 1 amide bonds. The fourth-order valence-corrected chi connectivity index (χ4v) is 3.49. The van der Waals surface area contributed by atoms with Crippen LogP contribution in [0.3, 0.4) is 0 Å². The van der Waals surface area contributed by atoms with Gasteiger partial charge < -0.3 is 14.8 Å². The molecule has 3 aromatic carbocycles. The van der Waals surface area contributed by atoms with Gasteiger partial charge in [-0.25, -0.2) is 9.78 Å². The second-order valence-electron chi connectivity index (χ2n) is 7.50. The van der Waals surface area contributed by atoms with Crippen LogP contribution in [-0.4, -0.2) is 30.2 Å². The molecule has 0 bridgehead atoms. The third-order valence-corrected chi connectivity index (χ3v) is 5.01. The number of anilines is 2. The Labute approximate surface area is 191 Å². The highest BCUT2D eigenvalue weighted by Crippen LogP contribution is 2.30. The highest BCUT2D eigenvalue weighted by Gasteiger charge is 2.11. The molecule has 33 heavy (non-hydrogen) atoms. The third-order valence-electron chi connectivity index (χ3n) is 5.01. The summed E-state index contributed by atoms with van der Waals surface area (Å²) in [5.41, 5.74) is 3.90. The number of amides is 1. The fraction of sp³-hybridized carbons (Fsp3) is 0.192. The molecule has 4 rings (SSSR count). The molecule has 0 saturated heterocycles. The Morgan fingerprint density at radius 1 is 0.879 bits per heavy atom. The van der Waals surface area contributed by atoms with Crippen molar-refractivity contribution >= 4 is 45.2 Å². The van der Waals surface area contributed by atoms with E-state index in [-0.39, 0.29) is 19.1 Å². The number of hydrogen-bond donors (Lipinski definition) is 2. The van der Waals surface area contributed by atoms with Crippen molar-refractivity contribution < 1.29 is 19.1 Å². The largest absolute Gasteiger partial charge is 0.460 e. The number of fused-ring (bicyclic) bond motifs is 2. The van der Waals surface area contributed by atoms with Gasteiger partial charge in [-0.2, -0.15) is 0 Å². The Morgan fingerprint density at radius 3 is 2.27 bits per heavy atom. The van der Waals surface area contributed by atoms with Crippen LogP contribution in [0.1, 0.15) is 18.9 Å². The molecule has 2 N–H and O–H groups in total. The monoisotopic (exact) mass is 443 g/mol. The van der Waals surface area contributed by atoms with Gasteiger partial charge in [-0.05, 0) is 36.2 Å². The number of rotatable bonds is 8. The first-order valence-electron chi connectivity index (χ1n) is 10.8. The topological polar surface area (TPSA) is 89.5 Å². The maximum absolute atomic E-state index is 12.5. The number of hydrogen-bond acceptors (Lipinski definition) is 6. The molecule has 0 saturated carbocycles. The van der Waals surface area contributed by atoms with Crippen molar-refractivity contribution in [2.75, 3.05) is 23.8 Å². The second kappa shape index (κ2) is 10.5. The zero-order valence-electron chi connectivity index (χ0n) is 18.3. The quantitative estimate of drug-likeness (QED) is 0.276. The maximum atomic E-state index is 12.5. The van der Waals surface area contributed by atoms with Crippen molar-refractivity contribution in [3.8, 4) is 0 Å². The van der Waals surface area contributed by atoms with E-state index < -0.39 is 6.09 Å². The van der Waals surface area contributed by atoms with E-state index in [2.05, 4.69) is 10.6 Å². The molecule has 0 radical (unpaired) electrons. The van der Waals surface area contributed by atoms with E-state index >= 15 is 0 Å². The van der Waals surface area contributed by atoms with E-state index in [0.29, 0.717) is 12.3 Å². The van der Waals surface area contributed by atoms with E-state index in [1.54, 1.807) is 18.2 Å². The lowest BCUT2D eigenvalue weighted by atomic mass is 10.1. The zero-order chi connectivity index (χ0) is 23.0. The van der Waals surface area contributed by atoms with Gasteiger partial charge in [0.15, 0.2) is 0 Å². The van der Waals surface area contributed by atoms with Gasteiger partial charge in [0.25, 0.3) is 0 Å². The first kappa shape index (κ1) is 22.1. The van der Waals surface area contributed by atoms with Gasteiger partial charge in [-0.1, -0.05) is 55.5 Å². The smallest absolute Gasteiger partial charge is 0.411 e. The predicted molar refractivity (Wildman–Crippen MR) is 129 cm³/mol. The Kier molecular flexibility index (Phi) is 6.99. The number of para-hydroxylation sites is 2. The minimum Gasteiger partial charge on any atom is -0.460 e. The molecule has 0 spiro atoms. The summed E-state index contributed by atoms with van der Waals surface area (Å²) in [6.45, 7) is 2.39. The third kappa shape index (κ3) is 5.57. The number of ether oxygens (including phenoxy) is 2. The fourth-order valence-electron chi connectivity index (χ4n) is 3.49. The summed E-state index contributed by atoms with van der Waals surface area (Å²) in [5, 5.41) is 7.79. The van der Waals surface area contributed by atoms with Crippen LogP contribution in [0.4, 0.5) is 16.2 Å². The number of carbonyl (C=O) groups excluding carboxylic acids is 2. The van der Waals surface area contributed by atoms with Crippen molar-refractivity contribution in [3.05, 3.63) is 78.4 Å². The normalized spacial score (nSPS) is 10.7. The number of nitrogens with one attached hydrogen (secondary N) is 2. The van der Waals surface area contributed by atoms with Crippen LogP contribution in [0.2, 0.25) is 0 Å². The summed E-state index contributed by atoms with van der Waals surface area (Å²) in [6.07, 6.45) is 0.245. The molecule has 0 unspecified atom stereocenters. The second-order valence-corrected chi connectivity index (χ2v) is 7.50. The zero-order valence-corrected chi connectivity index (χ0v) is 18.3. The van der Waals surface area contributed by atoms with Crippen molar-refractivity contribution in [2.24, 2.45) is 0 Å². The molecule has 0 fully saturated rings. The first-order valence-corrected chi connectivity index (χ1v) is 10.8. The Bertz CT molecular complexity index is 1240. The molecule has 1 heterocycles. The minimum atomic E-state index is -0.507. The predicted octanol–water partition coefficient (Wildman–Crippen LogP) is 5.50. The van der Waals surface area contributed by atoms with Crippen LogP contribution in [0.25, 0.3) is 21.8 Å². The van der Waals surface area contributed by atoms with Gasteiger partial charge in [0.2, 0.25) is 0 Å². The summed E-state index contributed by atoms with van der Waals surface area (Å²) >= 11 is 0. The lowest BCUT2D eigenvalue weighted by molar-refractivity contribution is -0.142. The van der Waals surface area contributed by atoms with Crippen LogP contribution >= 0.6 is 0 Å². The number of nitrogens with zero attached hydrogens (tertiary/aromatic N) is 1. The van der Waals surface area contributed by atoms with Gasteiger partial charge in [0.05, 0.1) is 23.3 Å². The average molecular weight is 444 g/mol. The SMILES string of the molecule is CCCOC(=O)Nc1cccc(COC(=O)CNc2c3ccccc3nc3ccccc23)c1. The van der Waals surface area contributed by atoms with Crippen LogP contribution in [-0.2, 0) is 20.9 Å². The lowest BCUT2D eigenvalue weighted by Crippen LogP contribution is -2.17. The van der Waals surface area contributed by atoms with E-state index in [4.69, 9.17) is 14.5 Å². The van der Waals surface area contributed by atoms with Gasteiger partial charge >= 0.3 is 12.1 Å². The first-order chi connectivity index (χ1) is 16.1. The van der Waals surface area contributed by atoms with Gasteiger partial charge in [0, 0.05) is 16.5 Å². The summed E-state index contributed by atoms with van der Waals surface area (Å²) < 4.78 is 10.5. The summed E-state index contributed by atoms with van der Waals surface area (Å²) in [7, 11) is 0. The van der Waals surface area contributed by atoms with Crippen molar-refractivity contribution in [1.82, 2.24) is 4.98 Å². The Hall–Kier alpha value is -4.13. The Balaban J connectivity index is 1.39. The molecule has 1 aromatic heterocycles. The molecule has 0 atom stereocenters. The molecule has 7 nitrogen and oxygen atoms in total. The molecule has 0 aliphatic heterocycles. The van der Waals surface area contributed by atoms with Crippen LogP contribution in [0, 0.1) is 0 Å². The summed E-state index contributed by atoms with van der Waals surface area (Å²) in [4.78, 5) is 28.9. The van der Waals surface area contributed by atoms with Gasteiger partial charge in [-0.3, -0.25) is 10.1 Å². The van der Waals surface area contributed by atoms with Crippen LogP contribution in [0.15, 0.2) is 72.8 Å². The maximum Gasteiger partial charge on any atom is 0.411 e. The van der Waals surface area contributed by atoms with Crippen molar-refractivity contribution in [2.45, 2.75) is 20.0 Å². The number of aromatic nitrogens is 1. The molecular formula is C26H25N3O4. The minimum absolute atomic E-state index is 0.0132. The molecular weight excluding hydrogens is 418 g/mol. The number of benzene rings is 3. The highest BCUT2D eigenvalue weighted by molar-refractivity contribution is 6.07. The van der Waals surface area contributed by atoms with Gasteiger partial charge in [0.1, 0.15) is 13.2 Å². The van der Waals surface area contributed by atoms with E-state index in [0.717, 1.165) is 39.5 Å². The average Bonchev–Trinajstić information content (AvgIpc) is 2.84. The molecule has 7 heteroatoms. The van der Waals surface area contributed by atoms with E-state index in [9.17, 15) is 9.59 Å². The summed E-state index contributed by atoms with van der Waals surface area (Å²) in [6, 6.07) is 22.7. The van der Waals surface area contributed by atoms with Crippen molar-refractivity contribution in [3.63, 3.8) is 0 Å². The standard InChI is InChI=1S/C26H25N3O4/c1-2-14-32-26(31)28-19-9-7-8-18(15-19)17-33-24(30)16-27-25-20-10-3-5-12-22(20)29-23-13-6-4-11-21(23)25/h3-13,15H,2,14,16-17H2,1H3,(H,27,29)(H,28,31). The number of carbonyl (C=O) groups is 2. The highest BCUT2D eigenvalue weighted by atomic mass is 16.5. The van der Waals surface area contributed by atoms with Gasteiger partial charge in [-0.15, -0.1) is 0 Å².